The molecule has 2 aromatic carbocycles. The number of amides is 1. The molecule has 1 aromatic heterocycles. The Morgan fingerprint density at radius 2 is 2.03 bits per heavy atom. The zero-order valence-electron chi connectivity index (χ0n) is 17.7. The van der Waals surface area contributed by atoms with E-state index in [0.717, 1.165) is 10.9 Å². The van der Waals surface area contributed by atoms with Gasteiger partial charge in [-0.3, -0.25) is 19.5 Å². The predicted octanol–water partition coefficient (Wildman–Crippen LogP) is 5.10. The van der Waals surface area contributed by atoms with E-state index in [0.29, 0.717) is 38.5 Å². The SMILES string of the molecule is COc1ccc(C=C2SC(=S)N(CCCC(=O)O)C2=O)c(Oc2cccc3cccnc23)c1. The van der Waals surface area contributed by atoms with E-state index in [2.05, 4.69) is 4.98 Å². The molecule has 1 saturated heterocycles. The van der Waals surface area contributed by atoms with Crippen molar-refractivity contribution in [2.45, 2.75) is 12.8 Å². The molecule has 9 heteroatoms. The summed E-state index contributed by atoms with van der Waals surface area (Å²) in [7, 11) is 1.57. The van der Waals surface area contributed by atoms with Crippen LogP contribution in [0.3, 0.4) is 0 Å². The van der Waals surface area contributed by atoms with E-state index in [1.807, 2.05) is 36.4 Å². The van der Waals surface area contributed by atoms with E-state index < -0.39 is 5.97 Å². The lowest BCUT2D eigenvalue weighted by Crippen LogP contribution is -2.29. The summed E-state index contributed by atoms with van der Waals surface area (Å²) in [5, 5.41) is 9.79. The Kier molecular flexibility index (Phi) is 6.90. The number of thioether (sulfide) groups is 1. The summed E-state index contributed by atoms with van der Waals surface area (Å²) in [6.07, 6.45) is 3.74. The molecule has 0 bridgehead atoms. The molecule has 7 nitrogen and oxygen atoms in total. The maximum absolute atomic E-state index is 12.9. The normalized spacial score (nSPS) is 14.8. The van der Waals surface area contributed by atoms with Crippen molar-refractivity contribution in [2.75, 3.05) is 13.7 Å². The average Bonchev–Trinajstić information content (AvgIpc) is 3.07. The fourth-order valence-electron chi connectivity index (χ4n) is 3.35. The van der Waals surface area contributed by atoms with Crippen LogP contribution in [0.4, 0.5) is 0 Å². The highest BCUT2D eigenvalue weighted by molar-refractivity contribution is 8.26. The molecular formula is C24H20N2O5S2. The molecular weight excluding hydrogens is 460 g/mol. The van der Waals surface area contributed by atoms with Crippen LogP contribution in [-0.4, -0.2) is 44.8 Å². The lowest BCUT2D eigenvalue weighted by atomic mass is 10.1. The number of ether oxygens (including phenoxy) is 2. The minimum absolute atomic E-state index is 0.0222. The van der Waals surface area contributed by atoms with E-state index in [1.54, 1.807) is 31.5 Å². The molecule has 168 valence electrons. The van der Waals surface area contributed by atoms with Gasteiger partial charge in [0.05, 0.1) is 12.0 Å². The van der Waals surface area contributed by atoms with Crippen LogP contribution >= 0.6 is 24.0 Å². The third-order valence-electron chi connectivity index (χ3n) is 4.97. The van der Waals surface area contributed by atoms with Crippen molar-refractivity contribution in [2.24, 2.45) is 0 Å². The highest BCUT2D eigenvalue weighted by Gasteiger charge is 2.32. The van der Waals surface area contributed by atoms with E-state index in [-0.39, 0.29) is 18.9 Å². The molecule has 1 amide bonds. The number of hydrogen-bond donors (Lipinski definition) is 1. The first kappa shape index (κ1) is 22.8. The number of para-hydroxylation sites is 1. The van der Waals surface area contributed by atoms with Gasteiger partial charge < -0.3 is 14.6 Å². The first-order valence-electron chi connectivity index (χ1n) is 10.1. The van der Waals surface area contributed by atoms with Crippen LogP contribution in [0, 0.1) is 0 Å². The van der Waals surface area contributed by atoms with E-state index in [4.69, 9.17) is 26.8 Å². The number of pyridine rings is 1. The highest BCUT2D eigenvalue weighted by Crippen LogP contribution is 2.37. The van der Waals surface area contributed by atoms with Gasteiger partial charge in [0.1, 0.15) is 21.3 Å². The quantitative estimate of drug-likeness (QED) is 0.352. The van der Waals surface area contributed by atoms with Crippen LogP contribution in [0.2, 0.25) is 0 Å². The number of thiocarbonyl (C=S) groups is 1. The van der Waals surface area contributed by atoms with Crippen molar-refractivity contribution in [1.82, 2.24) is 9.88 Å². The second-order valence-electron chi connectivity index (χ2n) is 7.17. The van der Waals surface area contributed by atoms with Crippen LogP contribution in [0.1, 0.15) is 18.4 Å². The van der Waals surface area contributed by atoms with Crippen LogP contribution in [0.25, 0.3) is 17.0 Å². The number of methoxy groups -OCH3 is 1. The van der Waals surface area contributed by atoms with Crippen LogP contribution in [-0.2, 0) is 9.59 Å². The van der Waals surface area contributed by atoms with E-state index in [9.17, 15) is 9.59 Å². The maximum Gasteiger partial charge on any atom is 0.303 e. The number of aliphatic carboxylic acids is 1. The molecule has 0 unspecified atom stereocenters. The molecule has 0 aliphatic carbocycles. The molecule has 3 aromatic rings. The minimum atomic E-state index is -0.904. The molecule has 0 saturated carbocycles. The second-order valence-corrected chi connectivity index (χ2v) is 8.84. The summed E-state index contributed by atoms with van der Waals surface area (Å²) >= 11 is 6.53. The highest BCUT2D eigenvalue weighted by atomic mass is 32.2. The molecule has 33 heavy (non-hydrogen) atoms. The second kappa shape index (κ2) is 10.0. The summed E-state index contributed by atoms with van der Waals surface area (Å²) < 4.78 is 12.0. The molecule has 1 aliphatic heterocycles. The smallest absolute Gasteiger partial charge is 0.303 e. The Morgan fingerprint density at radius 3 is 2.82 bits per heavy atom. The third-order valence-corrected chi connectivity index (χ3v) is 6.35. The number of benzene rings is 2. The van der Waals surface area contributed by atoms with Gasteiger partial charge in [0, 0.05) is 36.2 Å². The van der Waals surface area contributed by atoms with Gasteiger partial charge in [0.15, 0.2) is 5.75 Å². The van der Waals surface area contributed by atoms with Gasteiger partial charge in [0.2, 0.25) is 0 Å². The number of nitrogens with zero attached hydrogens (tertiary/aromatic N) is 2. The van der Waals surface area contributed by atoms with Gasteiger partial charge in [-0.25, -0.2) is 0 Å². The fourth-order valence-corrected chi connectivity index (χ4v) is 4.65. The standard InChI is InChI=1S/C24H20N2O5S2/c1-30-17-10-9-16(13-20-23(29)26(24(32)33-20)12-4-8-21(27)28)19(14-17)31-18-7-2-5-15-6-3-11-25-22(15)18/h2-3,5-7,9-11,13-14H,4,8,12H2,1H3,(H,27,28). The zero-order chi connectivity index (χ0) is 23.4. The first-order valence-corrected chi connectivity index (χ1v) is 11.4. The lowest BCUT2D eigenvalue weighted by Gasteiger charge is -2.13. The Balaban J connectivity index is 1.65. The number of fused-ring (bicyclic) bond motifs is 1. The van der Waals surface area contributed by atoms with Crippen molar-refractivity contribution < 1.29 is 24.2 Å². The Bertz CT molecular complexity index is 1270. The van der Waals surface area contributed by atoms with Crippen molar-refractivity contribution in [3.8, 4) is 17.2 Å². The number of carboxylic acid groups (broad SMARTS) is 1. The van der Waals surface area contributed by atoms with Crippen LogP contribution in [0.5, 0.6) is 17.2 Å². The number of rotatable bonds is 8. The van der Waals surface area contributed by atoms with Gasteiger partial charge in [-0.2, -0.15) is 0 Å². The third kappa shape index (κ3) is 5.15. The molecule has 1 fully saturated rings. The minimum Gasteiger partial charge on any atom is -0.497 e. The lowest BCUT2D eigenvalue weighted by molar-refractivity contribution is -0.137. The molecule has 0 radical (unpaired) electrons. The topological polar surface area (TPSA) is 89.0 Å². The fraction of sp³-hybridized carbons (Fsp3) is 0.167. The number of hydrogen-bond acceptors (Lipinski definition) is 7. The first-order chi connectivity index (χ1) is 16.0. The van der Waals surface area contributed by atoms with Crippen molar-refractivity contribution in [3.05, 3.63) is 65.2 Å². The predicted molar refractivity (Wildman–Crippen MR) is 132 cm³/mol. The zero-order valence-corrected chi connectivity index (χ0v) is 19.3. The number of aromatic nitrogens is 1. The molecule has 4 rings (SSSR count). The van der Waals surface area contributed by atoms with Gasteiger partial charge in [-0.1, -0.05) is 42.2 Å². The van der Waals surface area contributed by atoms with E-state index in [1.165, 1.54) is 16.7 Å². The van der Waals surface area contributed by atoms with Gasteiger partial charge >= 0.3 is 5.97 Å². The molecule has 0 spiro atoms. The maximum atomic E-state index is 12.9. The molecule has 1 aliphatic rings. The van der Waals surface area contributed by atoms with Crippen LogP contribution < -0.4 is 9.47 Å². The monoisotopic (exact) mass is 480 g/mol. The Morgan fingerprint density at radius 1 is 1.21 bits per heavy atom. The summed E-state index contributed by atoms with van der Waals surface area (Å²) in [5.41, 5.74) is 1.40. The summed E-state index contributed by atoms with van der Waals surface area (Å²) in [4.78, 5) is 30.0. The van der Waals surface area contributed by atoms with Gasteiger partial charge in [0.25, 0.3) is 5.91 Å². The van der Waals surface area contributed by atoms with Crippen molar-refractivity contribution in [1.29, 1.82) is 0 Å². The molecule has 2 heterocycles. The average molecular weight is 481 g/mol. The largest absolute Gasteiger partial charge is 0.497 e. The molecule has 1 N–H and O–H groups in total. The number of carbonyl (C=O) groups is 2. The Labute approximate surface area is 200 Å². The van der Waals surface area contributed by atoms with Crippen LogP contribution in [0.15, 0.2) is 59.6 Å². The summed E-state index contributed by atoms with van der Waals surface area (Å²) in [6.45, 7) is 0.266. The summed E-state index contributed by atoms with van der Waals surface area (Å²) in [5.74, 6) is 0.542. The van der Waals surface area contributed by atoms with Gasteiger partial charge in [-0.05, 0) is 36.8 Å². The van der Waals surface area contributed by atoms with Crippen molar-refractivity contribution >= 4 is 57.2 Å². The van der Waals surface area contributed by atoms with Crippen molar-refractivity contribution in [3.63, 3.8) is 0 Å². The van der Waals surface area contributed by atoms with E-state index >= 15 is 0 Å². The Hall–Kier alpha value is -3.43. The summed E-state index contributed by atoms with van der Waals surface area (Å²) in [6, 6.07) is 14.8. The van der Waals surface area contributed by atoms with Gasteiger partial charge in [-0.15, -0.1) is 0 Å². The number of carbonyl (C=O) groups excluding carboxylic acids is 1. The number of carboxylic acids is 1. The molecule has 0 atom stereocenters.